The molecule has 1 N–H and O–H groups in total. The molecule has 0 aromatic carbocycles. The van der Waals surface area contributed by atoms with Gasteiger partial charge in [0, 0.05) is 25.4 Å². The quantitative estimate of drug-likeness (QED) is 0.695. The molecule has 1 amide bonds. The zero-order valence-electron chi connectivity index (χ0n) is 9.08. The number of thioether (sulfide) groups is 1. The molecule has 1 unspecified atom stereocenters. The molecule has 1 rings (SSSR count). The Morgan fingerprint density at radius 1 is 1.57 bits per heavy atom. The molecule has 1 heterocycles. The monoisotopic (exact) mass is 216 g/mol. The van der Waals surface area contributed by atoms with Gasteiger partial charge in [0.25, 0.3) is 0 Å². The van der Waals surface area contributed by atoms with Crippen molar-refractivity contribution in [3.05, 3.63) is 0 Å². The zero-order valence-corrected chi connectivity index (χ0v) is 9.90. The van der Waals surface area contributed by atoms with E-state index in [2.05, 4.69) is 19.2 Å². The lowest BCUT2D eigenvalue weighted by atomic mass is 10.1. The Hall–Kier alpha value is -0.220. The van der Waals surface area contributed by atoms with Crippen LogP contribution in [0.1, 0.15) is 20.3 Å². The molecule has 1 fully saturated rings. The third-order valence-corrected chi connectivity index (χ3v) is 3.38. The van der Waals surface area contributed by atoms with Crippen LogP contribution in [0.4, 0.5) is 0 Å². The van der Waals surface area contributed by atoms with Gasteiger partial charge in [-0.1, -0.05) is 13.8 Å². The van der Waals surface area contributed by atoms with Crippen LogP contribution >= 0.6 is 11.8 Å². The van der Waals surface area contributed by atoms with Crippen LogP contribution in [-0.2, 0) is 4.79 Å². The lowest BCUT2D eigenvalue weighted by Gasteiger charge is -2.32. The fourth-order valence-electron chi connectivity index (χ4n) is 1.65. The van der Waals surface area contributed by atoms with Gasteiger partial charge in [-0.25, -0.2) is 0 Å². The summed E-state index contributed by atoms with van der Waals surface area (Å²) >= 11 is 1.90. The molecule has 1 aliphatic heterocycles. The van der Waals surface area contributed by atoms with Gasteiger partial charge in [-0.3, -0.25) is 4.79 Å². The van der Waals surface area contributed by atoms with Crippen LogP contribution in [0.5, 0.6) is 0 Å². The van der Waals surface area contributed by atoms with Crippen LogP contribution in [0.2, 0.25) is 0 Å². The van der Waals surface area contributed by atoms with E-state index >= 15 is 0 Å². The number of nitrogens with zero attached hydrogens (tertiary/aromatic N) is 1. The van der Waals surface area contributed by atoms with Crippen LogP contribution < -0.4 is 5.32 Å². The van der Waals surface area contributed by atoms with Crippen LogP contribution in [0, 0.1) is 0 Å². The van der Waals surface area contributed by atoms with Crippen molar-refractivity contribution in [1.29, 1.82) is 0 Å². The average molecular weight is 216 g/mol. The summed E-state index contributed by atoms with van der Waals surface area (Å²) in [6, 6.07) is 0.0652. The van der Waals surface area contributed by atoms with E-state index in [0.717, 1.165) is 37.6 Å². The molecule has 0 aromatic rings. The first-order valence-electron chi connectivity index (χ1n) is 5.39. The molecule has 1 atom stereocenters. The van der Waals surface area contributed by atoms with E-state index in [1.54, 1.807) is 0 Å². The van der Waals surface area contributed by atoms with Crippen LogP contribution in [0.25, 0.3) is 0 Å². The molecule has 1 aliphatic rings. The van der Waals surface area contributed by atoms with Gasteiger partial charge in [-0.05, 0) is 12.2 Å². The molecular formula is C10H20N2OS. The number of hydrogen-bond donors (Lipinski definition) is 1. The molecule has 3 nitrogen and oxygen atoms in total. The highest BCUT2D eigenvalue weighted by molar-refractivity contribution is 7.99. The van der Waals surface area contributed by atoms with Crippen molar-refractivity contribution in [1.82, 2.24) is 10.2 Å². The van der Waals surface area contributed by atoms with Crippen LogP contribution in [0.3, 0.4) is 0 Å². The normalized spacial score (nSPS) is 22.9. The van der Waals surface area contributed by atoms with Crippen molar-refractivity contribution in [2.45, 2.75) is 26.3 Å². The summed E-state index contributed by atoms with van der Waals surface area (Å²) in [5.74, 6) is 2.49. The molecule has 0 spiro atoms. The Morgan fingerprint density at radius 2 is 2.36 bits per heavy atom. The van der Waals surface area contributed by atoms with E-state index in [0.29, 0.717) is 0 Å². The standard InChI is InChI=1S/C10H20N2OS/c1-3-9-10(13)12(6-5-11-9)7-8-14-4-2/h9,11H,3-8H2,1-2H3. The summed E-state index contributed by atoms with van der Waals surface area (Å²) in [5.41, 5.74) is 0. The lowest BCUT2D eigenvalue weighted by Crippen LogP contribution is -2.55. The number of carbonyl (C=O) groups excluding carboxylic acids is 1. The van der Waals surface area contributed by atoms with Gasteiger partial charge < -0.3 is 10.2 Å². The van der Waals surface area contributed by atoms with Gasteiger partial charge >= 0.3 is 0 Å². The van der Waals surface area contributed by atoms with Gasteiger partial charge in [-0.2, -0.15) is 11.8 Å². The van der Waals surface area contributed by atoms with Gasteiger partial charge in [-0.15, -0.1) is 0 Å². The van der Waals surface area contributed by atoms with E-state index in [1.807, 2.05) is 16.7 Å². The minimum atomic E-state index is 0.0652. The SMILES string of the molecule is CCSCCN1CCNC(CC)C1=O. The zero-order chi connectivity index (χ0) is 10.4. The van der Waals surface area contributed by atoms with Gasteiger partial charge in [0.2, 0.25) is 5.91 Å². The van der Waals surface area contributed by atoms with Gasteiger partial charge in [0.1, 0.15) is 0 Å². The second-order valence-corrected chi connectivity index (χ2v) is 4.83. The number of piperazine rings is 1. The smallest absolute Gasteiger partial charge is 0.239 e. The molecule has 0 radical (unpaired) electrons. The summed E-state index contributed by atoms with van der Waals surface area (Å²) in [7, 11) is 0. The largest absolute Gasteiger partial charge is 0.339 e. The highest BCUT2D eigenvalue weighted by Gasteiger charge is 2.25. The number of carbonyl (C=O) groups is 1. The molecule has 82 valence electrons. The minimum Gasteiger partial charge on any atom is -0.339 e. The summed E-state index contributed by atoms with van der Waals surface area (Å²) in [6.07, 6.45) is 0.899. The fraction of sp³-hybridized carbons (Fsp3) is 0.900. The van der Waals surface area contributed by atoms with Crippen molar-refractivity contribution in [3.8, 4) is 0 Å². The highest BCUT2D eigenvalue weighted by atomic mass is 32.2. The Kier molecular flexibility index (Phi) is 5.33. The fourth-order valence-corrected chi connectivity index (χ4v) is 2.29. The number of nitrogens with one attached hydrogen (secondary N) is 1. The van der Waals surface area contributed by atoms with Crippen molar-refractivity contribution in [2.75, 3.05) is 31.1 Å². The lowest BCUT2D eigenvalue weighted by molar-refractivity contribution is -0.135. The summed E-state index contributed by atoms with van der Waals surface area (Å²) in [6.45, 7) is 6.94. The first-order chi connectivity index (χ1) is 6.79. The molecule has 0 aromatic heterocycles. The number of amides is 1. The maximum Gasteiger partial charge on any atom is 0.239 e. The first kappa shape index (κ1) is 11.9. The molecule has 4 heteroatoms. The Bertz CT molecular complexity index is 187. The highest BCUT2D eigenvalue weighted by Crippen LogP contribution is 2.06. The third kappa shape index (κ3) is 3.17. The predicted octanol–water partition coefficient (Wildman–Crippen LogP) is 0.950. The van der Waals surface area contributed by atoms with E-state index in [1.165, 1.54) is 0 Å². The summed E-state index contributed by atoms with van der Waals surface area (Å²) in [4.78, 5) is 13.8. The molecule has 14 heavy (non-hydrogen) atoms. The van der Waals surface area contributed by atoms with E-state index < -0.39 is 0 Å². The van der Waals surface area contributed by atoms with Crippen LogP contribution in [0.15, 0.2) is 0 Å². The van der Waals surface area contributed by atoms with E-state index in [4.69, 9.17) is 0 Å². The number of rotatable bonds is 5. The first-order valence-corrected chi connectivity index (χ1v) is 6.55. The topological polar surface area (TPSA) is 32.3 Å². The maximum atomic E-state index is 11.8. The second kappa shape index (κ2) is 6.30. The summed E-state index contributed by atoms with van der Waals surface area (Å²) in [5, 5.41) is 3.24. The van der Waals surface area contributed by atoms with Crippen molar-refractivity contribution in [2.24, 2.45) is 0 Å². The van der Waals surface area contributed by atoms with Crippen LogP contribution in [-0.4, -0.2) is 48.0 Å². The predicted molar refractivity (Wildman–Crippen MR) is 61.7 cm³/mol. The average Bonchev–Trinajstić information content (AvgIpc) is 2.21. The Morgan fingerprint density at radius 3 is 3.00 bits per heavy atom. The van der Waals surface area contributed by atoms with Crippen molar-refractivity contribution >= 4 is 17.7 Å². The van der Waals surface area contributed by atoms with E-state index in [-0.39, 0.29) is 11.9 Å². The van der Waals surface area contributed by atoms with Gasteiger partial charge in [0.05, 0.1) is 6.04 Å². The maximum absolute atomic E-state index is 11.8. The molecule has 0 aliphatic carbocycles. The van der Waals surface area contributed by atoms with Crippen molar-refractivity contribution in [3.63, 3.8) is 0 Å². The van der Waals surface area contributed by atoms with Gasteiger partial charge in [0.15, 0.2) is 0 Å². The molecular weight excluding hydrogens is 196 g/mol. The van der Waals surface area contributed by atoms with Crippen molar-refractivity contribution < 1.29 is 4.79 Å². The second-order valence-electron chi connectivity index (χ2n) is 3.44. The third-order valence-electron chi connectivity index (χ3n) is 2.50. The minimum absolute atomic E-state index is 0.0652. The van der Waals surface area contributed by atoms with E-state index in [9.17, 15) is 4.79 Å². The number of hydrogen-bond acceptors (Lipinski definition) is 3. The Labute approximate surface area is 90.6 Å². The molecule has 1 saturated heterocycles. The Balaban J connectivity index is 2.32. The molecule has 0 bridgehead atoms. The molecule has 0 saturated carbocycles. The summed E-state index contributed by atoms with van der Waals surface area (Å²) < 4.78 is 0.